The number of pyridine rings is 1. The largest absolute Gasteiger partial charge is 0.438 e. The number of nitrogens with one attached hydrogen (secondary N) is 1. The molecule has 0 aliphatic carbocycles. The molecule has 8 heteroatoms. The lowest BCUT2D eigenvalue weighted by Gasteiger charge is -2.13. The van der Waals surface area contributed by atoms with E-state index in [-0.39, 0.29) is 23.6 Å². The van der Waals surface area contributed by atoms with E-state index in [2.05, 4.69) is 10.3 Å². The van der Waals surface area contributed by atoms with Crippen molar-refractivity contribution in [3.8, 4) is 17.7 Å². The summed E-state index contributed by atoms with van der Waals surface area (Å²) in [5, 5.41) is 12.1. The van der Waals surface area contributed by atoms with Crippen LogP contribution in [0.4, 0.5) is 0 Å². The summed E-state index contributed by atoms with van der Waals surface area (Å²) in [5.41, 5.74) is 1.60. The fraction of sp³-hybridized carbons (Fsp3) is 0.217. The number of carbonyl (C=O) groups is 1. The van der Waals surface area contributed by atoms with Crippen molar-refractivity contribution >= 4 is 17.6 Å². The number of fused-ring (bicyclic) bond motifs is 1. The Morgan fingerprint density at radius 2 is 2.06 bits per heavy atom. The molecule has 31 heavy (non-hydrogen) atoms. The van der Waals surface area contributed by atoms with Crippen molar-refractivity contribution in [2.24, 2.45) is 0 Å². The molecule has 1 N–H and O–H groups in total. The number of hydrogen-bond acceptors (Lipinski definition) is 6. The molecule has 0 fully saturated rings. The maximum Gasteiger partial charge on any atom is 0.269 e. The highest BCUT2D eigenvalue weighted by Crippen LogP contribution is 2.28. The predicted molar refractivity (Wildman–Crippen MR) is 116 cm³/mol. The number of carbonyl (C=O) groups excluding carboxylic acids is 1. The Balaban J connectivity index is 2.14. The van der Waals surface area contributed by atoms with Crippen molar-refractivity contribution in [2.75, 3.05) is 20.3 Å². The van der Waals surface area contributed by atoms with E-state index in [0.717, 1.165) is 11.1 Å². The highest BCUT2D eigenvalue weighted by molar-refractivity contribution is 6.01. The number of aryl methyl sites for hydroxylation is 1. The van der Waals surface area contributed by atoms with Gasteiger partial charge in [-0.15, -0.1) is 0 Å². The van der Waals surface area contributed by atoms with Crippen molar-refractivity contribution in [2.45, 2.75) is 13.8 Å². The summed E-state index contributed by atoms with van der Waals surface area (Å²) < 4.78 is 12.2. The normalized spacial score (nSPS) is 11.2. The molecule has 3 aromatic rings. The average molecular weight is 418 g/mol. The van der Waals surface area contributed by atoms with Gasteiger partial charge >= 0.3 is 0 Å². The summed E-state index contributed by atoms with van der Waals surface area (Å²) in [6, 6.07) is 12.5. The van der Waals surface area contributed by atoms with Gasteiger partial charge in [-0.05, 0) is 49.2 Å². The quantitative estimate of drug-likeness (QED) is 0.359. The van der Waals surface area contributed by atoms with Gasteiger partial charge in [0.25, 0.3) is 11.5 Å². The molecule has 0 aliphatic heterocycles. The van der Waals surface area contributed by atoms with Crippen LogP contribution in [0.25, 0.3) is 11.7 Å². The van der Waals surface area contributed by atoms with Crippen molar-refractivity contribution in [1.82, 2.24) is 14.7 Å². The lowest BCUT2D eigenvalue weighted by atomic mass is 10.1. The third kappa shape index (κ3) is 4.79. The number of nitrogens with zero attached hydrogens (tertiary/aromatic N) is 3. The van der Waals surface area contributed by atoms with E-state index in [9.17, 15) is 14.9 Å². The van der Waals surface area contributed by atoms with Gasteiger partial charge in [-0.1, -0.05) is 18.2 Å². The Morgan fingerprint density at radius 3 is 2.81 bits per heavy atom. The van der Waals surface area contributed by atoms with Gasteiger partial charge < -0.3 is 14.8 Å². The second kappa shape index (κ2) is 9.69. The Bertz CT molecular complexity index is 1250. The number of benzene rings is 1. The molecular weight excluding hydrogens is 396 g/mol. The second-order valence-corrected chi connectivity index (χ2v) is 6.78. The summed E-state index contributed by atoms with van der Waals surface area (Å²) in [6.07, 6.45) is 2.77. The first-order valence-electron chi connectivity index (χ1n) is 9.60. The van der Waals surface area contributed by atoms with Crippen molar-refractivity contribution in [3.63, 3.8) is 0 Å². The van der Waals surface area contributed by atoms with Gasteiger partial charge in [-0.3, -0.25) is 14.0 Å². The van der Waals surface area contributed by atoms with Gasteiger partial charge in [0, 0.05) is 19.9 Å². The van der Waals surface area contributed by atoms with Crippen LogP contribution < -0.4 is 15.6 Å². The number of rotatable bonds is 7. The summed E-state index contributed by atoms with van der Waals surface area (Å²) in [5.74, 6) is -0.0676. The first kappa shape index (κ1) is 21.7. The number of nitriles is 1. The number of hydrogen-bond donors (Lipinski definition) is 1. The third-order valence-corrected chi connectivity index (χ3v) is 4.74. The van der Waals surface area contributed by atoms with Crippen LogP contribution in [0.3, 0.4) is 0 Å². The van der Waals surface area contributed by atoms with E-state index in [1.807, 2.05) is 32.0 Å². The molecule has 158 valence electrons. The van der Waals surface area contributed by atoms with Crippen LogP contribution in [0.5, 0.6) is 11.6 Å². The zero-order valence-electron chi connectivity index (χ0n) is 17.5. The van der Waals surface area contributed by atoms with Crippen LogP contribution in [0, 0.1) is 25.2 Å². The van der Waals surface area contributed by atoms with E-state index < -0.39 is 11.5 Å². The van der Waals surface area contributed by atoms with Crippen LogP contribution in [0.1, 0.15) is 16.7 Å². The summed E-state index contributed by atoms with van der Waals surface area (Å²) >= 11 is 0. The summed E-state index contributed by atoms with van der Waals surface area (Å²) in [7, 11) is 1.51. The van der Waals surface area contributed by atoms with Crippen LogP contribution >= 0.6 is 0 Å². The molecule has 0 saturated heterocycles. The maximum atomic E-state index is 13.2. The molecule has 0 radical (unpaired) electrons. The average Bonchev–Trinajstić information content (AvgIpc) is 2.77. The molecule has 2 heterocycles. The molecule has 1 amide bonds. The lowest BCUT2D eigenvalue weighted by Crippen LogP contribution is -2.28. The van der Waals surface area contributed by atoms with Crippen molar-refractivity contribution < 1.29 is 14.3 Å². The van der Waals surface area contributed by atoms with Gasteiger partial charge in [0.1, 0.15) is 28.6 Å². The smallest absolute Gasteiger partial charge is 0.269 e. The zero-order chi connectivity index (χ0) is 22.4. The minimum Gasteiger partial charge on any atom is -0.438 e. The minimum atomic E-state index is -0.616. The van der Waals surface area contributed by atoms with E-state index in [0.29, 0.717) is 18.0 Å². The number of methoxy groups -OCH3 is 1. The van der Waals surface area contributed by atoms with E-state index in [1.165, 1.54) is 17.6 Å². The van der Waals surface area contributed by atoms with Crippen LogP contribution in [0.2, 0.25) is 0 Å². The molecule has 0 aliphatic rings. The van der Waals surface area contributed by atoms with E-state index in [4.69, 9.17) is 9.47 Å². The molecule has 0 bridgehead atoms. The molecule has 8 nitrogen and oxygen atoms in total. The standard InChI is InChI=1S/C23H22N4O4/c1-15-7-6-8-19(16(15)2)31-22-18(13-17(14-24)21(28)25-10-12-30-3)23(29)27-11-5-4-9-20(27)26-22/h4-9,11,13H,10,12H2,1-3H3,(H,25,28)/b17-13-. The zero-order valence-corrected chi connectivity index (χ0v) is 17.5. The maximum absolute atomic E-state index is 13.2. The highest BCUT2D eigenvalue weighted by Gasteiger charge is 2.18. The number of ether oxygens (including phenoxy) is 2. The van der Waals surface area contributed by atoms with Gasteiger partial charge in [-0.25, -0.2) is 0 Å². The first-order chi connectivity index (χ1) is 15.0. The summed E-state index contributed by atoms with van der Waals surface area (Å²) in [6.45, 7) is 4.38. The fourth-order valence-electron chi connectivity index (χ4n) is 2.88. The monoisotopic (exact) mass is 418 g/mol. The first-order valence-corrected chi connectivity index (χ1v) is 9.60. The van der Waals surface area contributed by atoms with Crippen molar-refractivity contribution in [3.05, 3.63) is 75.2 Å². The molecule has 0 spiro atoms. The van der Waals surface area contributed by atoms with Gasteiger partial charge in [0.05, 0.1) is 6.61 Å². The molecule has 0 atom stereocenters. The Kier molecular flexibility index (Phi) is 6.80. The van der Waals surface area contributed by atoms with E-state index in [1.54, 1.807) is 30.5 Å². The van der Waals surface area contributed by atoms with Gasteiger partial charge in [0.15, 0.2) is 0 Å². The molecule has 0 saturated carbocycles. The number of aromatic nitrogens is 2. The molecule has 2 aromatic heterocycles. The second-order valence-electron chi connectivity index (χ2n) is 6.78. The Morgan fingerprint density at radius 1 is 1.26 bits per heavy atom. The highest BCUT2D eigenvalue weighted by atomic mass is 16.5. The van der Waals surface area contributed by atoms with Crippen molar-refractivity contribution in [1.29, 1.82) is 5.26 Å². The Labute approximate surface area is 179 Å². The molecule has 1 aromatic carbocycles. The third-order valence-electron chi connectivity index (χ3n) is 4.74. The molecule has 3 rings (SSSR count). The Hall–Kier alpha value is -3.96. The molecule has 0 unspecified atom stereocenters. The van der Waals surface area contributed by atoms with Gasteiger partial charge in [-0.2, -0.15) is 10.2 Å². The fourth-order valence-corrected chi connectivity index (χ4v) is 2.88. The molecular formula is C23H22N4O4. The van der Waals surface area contributed by atoms with E-state index >= 15 is 0 Å². The number of amides is 1. The minimum absolute atomic E-state index is 0.00282. The van der Waals surface area contributed by atoms with Crippen LogP contribution in [-0.2, 0) is 9.53 Å². The topological polar surface area (TPSA) is 106 Å². The SMILES string of the molecule is COCCNC(=O)/C(C#N)=C\c1c(Oc2cccc(C)c2C)nc2ccccn2c1=O. The summed E-state index contributed by atoms with van der Waals surface area (Å²) in [4.78, 5) is 30.0. The van der Waals surface area contributed by atoms with Crippen LogP contribution in [0.15, 0.2) is 53.0 Å². The van der Waals surface area contributed by atoms with Crippen LogP contribution in [-0.4, -0.2) is 35.6 Å². The predicted octanol–water partition coefficient (Wildman–Crippen LogP) is 2.77. The van der Waals surface area contributed by atoms with Gasteiger partial charge in [0.2, 0.25) is 5.88 Å². The lowest BCUT2D eigenvalue weighted by molar-refractivity contribution is -0.117.